The number of fused-ring (bicyclic) bond motifs is 1. The van der Waals surface area contributed by atoms with Gasteiger partial charge in [0.1, 0.15) is 0 Å². The van der Waals surface area contributed by atoms with E-state index in [-0.39, 0.29) is 12.4 Å². The Morgan fingerprint density at radius 3 is 3.00 bits per heavy atom. The van der Waals surface area contributed by atoms with Gasteiger partial charge in [0.05, 0.1) is 0 Å². The number of hydrogen-bond acceptors (Lipinski definition) is 2. The first-order chi connectivity index (χ1) is 6.88. The topological polar surface area (TPSA) is 12.0 Å². The summed E-state index contributed by atoms with van der Waals surface area (Å²) in [7, 11) is 0. The van der Waals surface area contributed by atoms with Crippen molar-refractivity contribution in [2.24, 2.45) is 0 Å². The average Bonchev–Trinajstić information content (AvgIpc) is 2.66. The number of hydrogen-bond donors (Lipinski definition) is 1. The zero-order valence-electron chi connectivity index (χ0n) is 8.92. The Bertz CT molecular complexity index is 328. The second-order valence-electron chi connectivity index (χ2n) is 4.71. The highest BCUT2D eigenvalue weighted by Gasteiger charge is 2.35. The van der Waals surface area contributed by atoms with E-state index in [4.69, 9.17) is 0 Å². The zero-order valence-corrected chi connectivity index (χ0v) is 10.6. The van der Waals surface area contributed by atoms with Crippen LogP contribution in [0, 0.1) is 0 Å². The highest BCUT2D eigenvalue weighted by molar-refractivity contribution is 7.10. The molecular formula is C12H18ClNS. The molecule has 2 heterocycles. The molecule has 1 aliphatic carbocycles. The summed E-state index contributed by atoms with van der Waals surface area (Å²) in [6.07, 6.45) is 8.14. The molecule has 0 bridgehead atoms. The molecule has 1 unspecified atom stereocenters. The lowest BCUT2D eigenvalue weighted by Crippen LogP contribution is -2.51. The lowest BCUT2D eigenvalue weighted by Gasteiger charge is -2.41. The minimum absolute atomic E-state index is 0. The molecular weight excluding hydrogens is 226 g/mol. The van der Waals surface area contributed by atoms with Crippen LogP contribution in [0.2, 0.25) is 0 Å². The molecule has 1 saturated heterocycles. The molecule has 0 radical (unpaired) electrons. The Labute approximate surface area is 102 Å². The molecule has 0 aromatic carbocycles. The van der Waals surface area contributed by atoms with Crippen LogP contribution in [0.5, 0.6) is 0 Å². The lowest BCUT2D eigenvalue weighted by molar-refractivity contribution is 0.227. The first-order valence-corrected chi connectivity index (χ1v) is 6.56. The van der Waals surface area contributed by atoms with Gasteiger partial charge < -0.3 is 5.32 Å². The molecule has 3 heteroatoms. The summed E-state index contributed by atoms with van der Waals surface area (Å²) in [5, 5.41) is 6.03. The van der Waals surface area contributed by atoms with Crippen LogP contribution in [-0.4, -0.2) is 12.1 Å². The number of thiophene rings is 1. The van der Waals surface area contributed by atoms with Gasteiger partial charge in [-0.25, -0.2) is 0 Å². The third-order valence-corrected chi connectivity index (χ3v) is 4.80. The van der Waals surface area contributed by atoms with Crippen molar-refractivity contribution in [1.29, 1.82) is 0 Å². The SMILES string of the molecule is Cl.c1cc2c(s1)CCC1(CCCCN1)C2. The molecule has 0 saturated carbocycles. The van der Waals surface area contributed by atoms with E-state index < -0.39 is 0 Å². The minimum Gasteiger partial charge on any atom is -0.311 e. The summed E-state index contributed by atoms with van der Waals surface area (Å²) in [5.41, 5.74) is 2.10. The van der Waals surface area contributed by atoms with E-state index in [9.17, 15) is 0 Å². The van der Waals surface area contributed by atoms with E-state index in [1.165, 1.54) is 45.1 Å². The maximum atomic E-state index is 3.77. The molecule has 1 aromatic heterocycles. The Morgan fingerprint density at radius 2 is 2.20 bits per heavy atom. The van der Waals surface area contributed by atoms with Gasteiger partial charge in [-0.3, -0.25) is 0 Å². The first-order valence-electron chi connectivity index (χ1n) is 5.68. The largest absolute Gasteiger partial charge is 0.311 e. The smallest absolute Gasteiger partial charge is 0.0225 e. The second-order valence-corrected chi connectivity index (χ2v) is 5.71. The van der Waals surface area contributed by atoms with E-state index >= 15 is 0 Å². The third-order valence-electron chi connectivity index (χ3n) is 3.78. The predicted molar refractivity (Wildman–Crippen MR) is 68.2 cm³/mol. The van der Waals surface area contributed by atoms with Crippen molar-refractivity contribution in [3.05, 3.63) is 21.9 Å². The molecule has 1 aromatic rings. The van der Waals surface area contributed by atoms with Crippen molar-refractivity contribution in [1.82, 2.24) is 5.32 Å². The fourth-order valence-corrected chi connectivity index (χ4v) is 3.85. The average molecular weight is 244 g/mol. The van der Waals surface area contributed by atoms with Crippen LogP contribution in [0.4, 0.5) is 0 Å². The molecule has 1 nitrogen and oxygen atoms in total. The summed E-state index contributed by atoms with van der Waals surface area (Å²) in [4.78, 5) is 1.64. The van der Waals surface area contributed by atoms with Crippen LogP contribution in [0.1, 0.15) is 36.1 Å². The van der Waals surface area contributed by atoms with Gasteiger partial charge in [0, 0.05) is 10.4 Å². The number of halogens is 1. The highest BCUT2D eigenvalue weighted by Crippen LogP contribution is 2.36. The van der Waals surface area contributed by atoms with Crippen LogP contribution in [0.15, 0.2) is 11.4 Å². The molecule has 15 heavy (non-hydrogen) atoms. The minimum atomic E-state index is 0. The zero-order chi connectivity index (χ0) is 9.43. The van der Waals surface area contributed by atoms with Crippen LogP contribution in [0.3, 0.4) is 0 Å². The maximum absolute atomic E-state index is 3.77. The second kappa shape index (κ2) is 4.44. The van der Waals surface area contributed by atoms with E-state index in [0.717, 1.165) is 0 Å². The van der Waals surface area contributed by atoms with Gasteiger partial charge in [-0.2, -0.15) is 0 Å². The van der Waals surface area contributed by atoms with Crippen LogP contribution < -0.4 is 5.32 Å². The fourth-order valence-electron chi connectivity index (χ4n) is 2.94. The van der Waals surface area contributed by atoms with Gasteiger partial charge in [-0.05, 0) is 55.7 Å². The van der Waals surface area contributed by atoms with Crippen molar-refractivity contribution in [3.63, 3.8) is 0 Å². The van der Waals surface area contributed by atoms with E-state index in [1.54, 1.807) is 10.4 Å². The molecule has 84 valence electrons. The number of aryl methyl sites for hydroxylation is 1. The van der Waals surface area contributed by atoms with Crippen molar-refractivity contribution >= 4 is 23.7 Å². The van der Waals surface area contributed by atoms with Crippen LogP contribution in [-0.2, 0) is 12.8 Å². The van der Waals surface area contributed by atoms with Gasteiger partial charge in [-0.15, -0.1) is 23.7 Å². The van der Waals surface area contributed by atoms with Gasteiger partial charge in [0.25, 0.3) is 0 Å². The van der Waals surface area contributed by atoms with Crippen molar-refractivity contribution in [2.75, 3.05) is 6.54 Å². The molecule has 1 N–H and O–H groups in total. The Morgan fingerprint density at radius 1 is 1.27 bits per heavy atom. The molecule has 1 atom stereocenters. The lowest BCUT2D eigenvalue weighted by atomic mass is 9.76. The highest BCUT2D eigenvalue weighted by atomic mass is 35.5. The maximum Gasteiger partial charge on any atom is 0.0225 e. The standard InChI is InChI=1S/C12H17NS.ClH/c1-2-7-13-12(5-1)6-3-11-10(9-12)4-8-14-11;/h4,8,13H,1-3,5-7,9H2;1H. The summed E-state index contributed by atoms with van der Waals surface area (Å²) in [6, 6.07) is 2.33. The summed E-state index contributed by atoms with van der Waals surface area (Å²) >= 11 is 1.94. The van der Waals surface area contributed by atoms with Crippen molar-refractivity contribution < 1.29 is 0 Å². The van der Waals surface area contributed by atoms with Crippen LogP contribution in [0.25, 0.3) is 0 Å². The van der Waals surface area contributed by atoms with Crippen molar-refractivity contribution in [3.8, 4) is 0 Å². The van der Waals surface area contributed by atoms with Crippen molar-refractivity contribution in [2.45, 2.75) is 44.1 Å². The Hall–Kier alpha value is -0.0500. The Kier molecular flexibility index (Phi) is 3.39. The summed E-state index contributed by atoms with van der Waals surface area (Å²) < 4.78 is 0. The van der Waals surface area contributed by atoms with E-state index in [2.05, 4.69) is 16.8 Å². The number of nitrogens with one attached hydrogen (secondary N) is 1. The van der Waals surface area contributed by atoms with Gasteiger partial charge in [0.15, 0.2) is 0 Å². The number of piperidine rings is 1. The molecule has 0 amide bonds. The molecule has 1 spiro atoms. The molecule has 2 aliphatic rings. The van der Waals surface area contributed by atoms with Gasteiger partial charge in [-0.1, -0.05) is 6.42 Å². The van der Waals surface area contributed by atoms with E-state index in [0.29, 0.717) is 5.54 Å². The summed E-state index contributed by atoms with van der Waals surface area (Å²) in [6.45, 7) is 1.24. The van der Waals surface area contributed by atoms with Gasteiger partial charge >= 0.3 is 0 Å². The first kappa shape index (κ1) is 11.4. The van der Waals surface area contributed by atoms with E-state index in [1.807, 2.05) is 11.3 Å². The Balaban J connectivity index is 0.000000853. The van der Waals surface area contributed by atoms with Crippen LogP contribution >= 0.6 is 23.7 Å². The normalized spacial score (nSPS) is 29.6. The monoisotopic (exact) mass is 243 g/mol. The molecule has 1 aliphatic heterocycles. The predicted octanol–water partition coefficient (Wildman–Crippen LogP) is 3.17. The molecule has 1 fully saturated rings. The quantitative estimate of drug-likeness (QED) is 0.738. The fraction of sp³-hybridized carbons (Fsp3) is 0.667. The summed E-state index contributed by atoms with van der Waals surface area (Å²) in [5.74, 6) is 0. The third kappa shape index (κ3) is 2.08. The number of rotatable bonds is 0. The van der Waals surface area contributed by atoms with Gasteiger partial charge in [0.2, 0.25) is 0 Å². The molecule has 3 rings (SSSR count).